The Labute approximate surface area is 164 Å². The number of amides is 2. The summed E-state index contributed by atoms with van der Waals surface area (Å²) in [5, 5.41) is 9.85. The Morgan fingerprint density at radius 2 is 1.96 bits per heavy atom. The molecule has 2 amide bonds. The van der Waals surface area contributed by atoms with Crippen LogP contribution in [0.1, 0.15) is 36.8 Å². The first kappa shape index (κ1) is 18.9. The number of carbonyl (C=O) groups excluding carboxylic acids is 1. The van der Waals surface area contributed by atoms with E-state index in [0.717, 1.165) is 30.9 Å². The highest BCUT2D eigenvalue weighted by Gasteiger charge is 2.35. The quantitative estimate of drug-likeness (QED) is 0.791. The fraction of sp³-hybridized carbons (Fsp3) is 0.500. The number of carbonyl (C=O) groups is 1. The number of hydrogen-bond donors (Lipinski definition) is 2. The van der Waals surface area contributed by atoms with Gasteiger partial charge in [-0.1, -0.05) is 0 Å². The highest BCUT2D eigenvalue weighted by molar-refractivity contribution is 7.89. The Bertz CT molecular complexity index is 967. The third-order valence-corrected chi connectivity index (χ3v) is 7.22. The van der Waals surface area contributed by atoms with Crippen LogP contribution < -0.4 is 5.32 Å². The third-order valence-electron chi connectivity index (χ3n) is 5.30. The summed E-state index contributed by atoms with van der Waals surface area (Å²) in [5.74, 6) is 1.63. The molecular formula is C18H24N6O3S. The number of aromatic nitrogens is 3. The van der Waals surface area contributed by atoms with Gasteiger partial charge in [-0.3, -0.25) is 5.10 Å². The number of urea groups is 1. The van der Waals surface area contributed by atoms with Crippen LogP contribution in [0.4, 0.5) is 10.5 Å². The Morgan fingerprint density at radius 1 is 1.25 bits per heavy atom. The van der Waals surface area contributed by atoms with Crippen molar-refractivity contribution in [2.24, 2.45) is 0 Å². The maximum Gasteiger partial charge on any atom is 0.321 e. The topological polar surface area (TPSA) is 111 Å². The summed E-state index contributed by atoms with van der Waals surface area (Å²) >= 11 is 0. The van der Waals surface area contributed by atoms with Crippen LogP contribution in [0.5, 0.6) is 0 Å². The molecule has 0 radical (unpaired) electrons. The predicted octanol–water partition coefficient (Wildman–Crippen LogP) is 1.92. The van der Waals surface area contributed by atoms with Gasteiger partial charge in [-0.15, -0.1) is 0 Å². The molecule has 10 heteroatoms. The van der Waals surface area contributed by atoms with Gasteiger partial charge >= 0.3 is 6.03 Å². The number of nitrogens with one attached hydrogen (secondary N) is 2. The maximum absolute atomic E-state index is 12.5. The molecule has 0 bridgehead atoms. The molecule has 28 heavy (non-hydrogen) atoms. The molecule has 0 spiro atoms. The molecule has 1 aromatic carbocycles. The number of aryl methyl sites for hydroxylation is 1. The van der Waals surface area contributed by atoms with E-state index in [-0.39, 0.29) is 22.9 Å². The van der Waals surface area contributed by atoms with E-state index in [9.17, 15) is 13.2 Å². The Kier molecular flexibility index (Phi) is 4.84. The van der Waals surface area contributed by atoms with Crippen molar-refractivity contribution >= 4 is 21.7 Å². The second-order valence-electron chi connectivity index (χ2n) is 7.42. The first-order chi connectivity index (χ1) is 13.3. The van der Waals surface area contributed by atoms with E-state index in [1.54, 1.807) is 24.1 Å². The number of rotatable bonds is 5. The van der Waals surface area contributed by atoms with Crippen LogP contribution in [-0.4, -0.2) is 65.0 Å². The zero-order valence-electron chi connectivity index (χ0n) is 15.9. The fourth-order valence-electron chi connectivity index (χ4n) is 3.41. The minimum atomic E-state index is -3.48. The molecular weight excluding hydrogens is 380 g/mol. The molecule has 1 unspecified atom stereocenters. The van der Waals surface area contributed by atoms with Crippen molar-refractivity contribution in [1.29, 1.82) is 0 Å². The van der Waals surface area contributed by atoms with Gasteiger partial charge in [-0.2, -0.15) is 9.40 Å². The van der Waals surface area contributed by atoms with Crippen molar-refractivity contribution in [3.8, 4) is 0 Å². The minimum Gasteiger partial charge on any atom is -0.324 e. The molecule has 150 valence electrons. The van der Waals surface area contributed by atoms with E-state index in [1.807, 2.05) is 6.92 Å². The molecule has 1 atom stereocenters. The molecule has 2 aromatic rings. The van der Waals surface area contributed by atoms with Crippen molar-refractivity contribution in [3.63, 3.8) is 0 Å². The average molecular weight is 404 g/mol. The summed E-state index contributed by atoms with van der Waals surface area (Å²) in [4.78, 5) is 18.8. The lowest BCUT2D eigenvalue weighted by atomic mass is 10.1. The Morgan fingerprint density at radius 3 is 2.57 bits per heavy atom. The molecule has 1 aliphatic carbocycles. The van der Waals surface area contributed by atoms with E-state index in [1.165, 1.54) is 16.4 Å². The van der Waals surface area contributed by atoms with Crippen molar-refractivity contribution in [1.82, 2.24) is 24.4 Å². The number of aromatic amines is 1. The van der Waals surface area contributed by atoms with Crippen molar-refractivity contribution in [3.05, 3.63) is 35.9 Å². The molecule has 2 heterocycles. The van der Waals surface area contributed by atoms with Gasteiger partial charge in [0.05, 0.1) is 4.90 Å². The number of H-pyrrole nitrogens is 1. The van der Waals surface area contributed by atoms with Crippen LogP contribution in [0.2, 0.25) is 0 Å². The highest BCUT2D eigenvalue weighted by atomic mass is 32.2. The second-order valence-corrected chi connectivity index (χ2v) is 9.42. The van der Waals surface area contributed by atoms with Gasteiger partial charge in [-0.25, -0.2) is 18.2 Å². The number of anilines is 1. The summed E-state index contributed by atoms with van der Waals surface area (Å²) in [5.41, 5.74) is 0.565. The fourth-order valence-corrected chi connectivity index (χ4v) is 4.83. The van der Waals surface area contributed by atoms with Crippen LogP contribution in [0.25, 0.3) is 0 Å². The van der Waals surface area contributed by atoms with Gasteiger partial charge in [0.2, 0.25) is 10.0 Å². The lowest BCUT2D eigenvalue weighted by molar-refractivity contribution is 0.222. The highest BCUT2D eigenvalue weighted by Crippen LogP contribution is 2.31. The smallest absolute Gasteiger partial charge is 0.321 e. The molecule has 4 rings (SSSR count). The molecule has 1 saturated heterocycles. The normalized spacial score (nSPS) is 20.0. The van der Waals surface area contributed by atoms with E-state index in [2.05, 4.69) is 20.5 Å². The monoisotopic (exact) mass is 404 g/mol. The zero-order chi connectivity index (χ0) is 19.9. The van der Waals surface area contributed by atoms with Crippen LogP contribution in [0, 0.1) is 6.92 Å². The standard InChI is InChI=1S/C18H24N6O3S/c1-12-19-17(22-21-12)13-9-10-24(11-13)18(25)20-14-3-7-16(8-4-14)28(26,27)23(2)15-5-6-15/h3-4,7-8,13,15H,5-6,9-11H2,1-2H3,(H,20,25)(H,19,21,22). The number of hydrogen-bond acceptors (Lipinski definition) is 5. The van der Waals surface area contributed by atoms with Crippen molar-refractivity contribution in [2.45, 2.75) is 43.0 Å². The van der Waals surface area contributed by atoms with Gasteiger partial charge in [0.25, 0.3) is 0 Å². The lowest BCUT2D eigenvalue weighted by Gasteiger charge is -2.18. The first-order valence-corrected chi connectivity index (χ1v) is 10.8. The molecule has 2 aliphatic rings. The van der Waals surface area contributed by atoms with Crippen LogP contribution in [0.3, 0.4) is 0 Å². The largest absolute Gasteiger partial charge is 0.324 e. The Balaban J connectivity index is 1.37. The zero-order valence-corrected chi connectivity index (χ0v) is 16.7. The molecule has 1 aliphatic heterocycles. The summed E-state index contributed by atoms with van der Waals surface area (Å²) < 4.78 is 26.5. The molecule has 1 aromatic heterocycles. The van der Waals surface area contributed by atoms with Crippen LogP contribution in [0.15, 0.2) is 29.2 Å². The summed E-state index contributed by atoms with van der Waals surface area (Å²) in [6.07, 6.45) is 2.64. The Hall–Kier alpha value is -2.46. The molecule has 1 saturated carbocycles. The second kappa shape index (κ2) is 7.17. The van der Waals surface area contributed by atoms with E-state index in [0.29, 0.717) is 18.8 Å². The van der Waals surface area contributed by atoms with Crippen molar-refractivity contribution < 1.29 is 13.2 Å². The van der Waals surface area contributed by atoms with Crippen molar-refractivity contribution in [2.75, 3.05) is 25.5 Å². The van der Waals surface area contributed by atoms with Gasteiger partial charge in [0.15, 0.2) is 5.82 Å². The van der Waals surface area contributed by atoms with Gasteiger partial charge in [0.1, 0.15) is 5.82 Å². The SMILES string of the molecule is Cc1nc(C2CCN(C(=O)Nc3ccc(S(=O)(=O)N(C)C4CC4)cc3)C2)n[nH]1. The summed E-state index contributed by atoms with van der Waals surface area (Å²) in [7, 11) is -1.87. The minimum absolute atomic E-state index is 0.111. The maximum atomic E-state index is 12.5. The summed E-state index contributed by atoms with van der Waals surface area (Å²) in [6.45, 7) is 3.03. The predicted molar refractivity (Wildman–Crippen MR) is 103 cm³/mol. The lowest BCUT2D eigenvalue weighted by Crippen LogP contribution is -2.33. The molecule has 2 fully saturated rings. The van der Waals surface area contributed by atoms with Crippen LogP contribution >= 0.6 is 0 Å². The average Bonchev–Trinajstić information content (AvgIpc) is 3.23. The van der Waals surface area contributed by atoms with E-state index in [4.69, 9.17) is 0 Å². The van der Waals surface area contributed by atoms with E-state index >= 15 is 0 Å². The van der Waals surface area contributed by atoms with Gasteiger partial charge < -0.3 is 10.2 Å². The molecule has 9 nitrogen and oxygen atoms in total. The number of likely N-dealkylation sites (tertiary alicyclic amines) is 1. The van der Waals surface area contributed by atoms with E-state index < -0.39 is 10.0 Å². The number of nitrogens with zero attached hydrogens (tertiary/aromatic N) is 4. The van der Waals surface area contributed by atoms with Crippen LogP contribution in [-0.2, 0) is 10.0 Å². The van der Waals surface area contributed by atoms with Gasteiger partial charge in [-0.05, 0) is 50.5 Å². The molecule has 2 N–H and O–H groups in total. The van der Waals surface area contributed by atoms with Gasteiger partial charge in [0, 0.05) is 37.8 Å². The summed E-state index contributed by atoms with van der Waals surface area (Å²) in [6, 6.07) is 6.22. The third kappa shape index (κ3) is 3.74. The number of sulfonamides is 1. The number of benzene rings is 1. The first-order valence-electron chi connectivity index (χ1n) is 9.37.